The Bertz CT molecular complexity index is 633. The van der Waals surface area contributed by atoms with Gasteiger partial charge in [0.25, 0.3) is 10.1 Å². The number of carbonyl (C=O) groups is 1. The summed E-state index contributed by atoms with van der Waals surface area (Å²) in [5, 5.41) is 1.68. The zero-order valence-electron chi connectivity index (χ0n) is 12.9. The fraction of sp³-hybridized carbons (Fsp3) is 0.643. The van der Waals surface area contributed by atoms with Crippen LogP contribution >= 0.6 is 0 Å². The minimum absolute atomic E-state index is 0.138. The number of nitrogens with one attached hydrogen (secondary N) is 1. The number of alkyl halides is 3. The number of methoxy groups -OCH3 is 1. The van der Waals surface area contributed by atoms with Crippen LogP contribution in [0.15, 0.2) is 23.8 Å². The van der Waals surface area contributed by atoms with Crippen LogP contribution < -0.4 is 5.32 Å². The number of rotatable bonds is 4. The highest BCUT2D eigenvalue weighted by Gasteiger charge is 2.37. The third-order valence-corrected chi connectivity index (χ3v) is 5.52. The predicted octanol–water partition coefficient (Wildman–Crippen LogP) is 1.44. The lowest BCUT2D eigenvalue weighted by Gasteiger charge is -2.29. The molecule has 1 heterocycles. The molecule has 1 fully saturated rings. The fourth-order valence-corrected chi connectivity index (χ4v) is 3.83. The van der Waals surface area contributed by atoms with E-state index in [0.717, 1.165) is 18.2 Å². The standard InChI is InChI=1S/C14H18F3NO5S/c1-22-13(19)12-7-4-10(8-18-12)23-24(20,21)11-5-2-9(3-6-11)14(15,16)17/h2-3,5,10-12,18H,4,6-8H2,1H3. The lowest BCUT2D eigenvalue weighted by Crippen LogP contribution is -2.48. The van der Waals surface area contributed by atoms with Crippen LogP contribution in [0.1, 0.15) is 19.3 Å². The molecule has 0 amide bonds. The Morgan fingerprint density at radius 1 is 1.33 bits per heavy atom. The third kappa shape index (κ3) is 4.58. The average Bonchev–Trinajstić information content (AvgIpc) is 2.54. The van der Waals surface area contributed by atoms with Crippen LogP contribution in [0, 0.1) is 0 Å². The molecule has 2 aliphatic rings. The molecule has 1 aliphatic heterocycles. The molecule has 2 rings (SSSR count). The Hall–Kier alpha value is -1.39. The molecule has 0 bridgehead atoms. The van der Waals surface area contributed by atoms with Gasteiger partial charge in [-0.25, -0.2) is 0 Å². The zero-order valence-corrected chi connectivity index (χ0v) is 13.7. The van der Waals surface area contributed by atoms with Crippen LogP contribution in [0.5, 0.6) is 0 Å². The molecular formula is C14H18F3NO5S. The molecule has 10 heteroatoms. The van der Waals surface area contributed by atoms with Gasteiger partial charge in [-0.1, -0.05) is 18.2 Å². The first kappa shape index (κ1) is 18.9. The monoisotopic (exact) mass is 369 g/mol. The van der Waals surface area contributed by atoms with Crippen LogP contribution in [-0.2, 0) is 23.8 Å². The molecule has 0 spiro atoms. The van der Waals surface area contributed by atoms with Gasteiger partial charge >= 0.3 is 12.1 Å². The van der Waals surface area contributed by atoms with Gasteiger partial charge in [-0.15, -0.1) is 0 Å². The van der Waals surface area contributed by atoms with Crippen molar-refractivity contribution in [1.82, 2.24) is 5.32 Å². The minimum atomic E-state index is -4.50. The Balaban J connectivity index is 1.91. The summed E-state index contributed by atoms with van der Waals surface area (Å²) in [6.45, 7) is 0.138. The maximum absolute atomic E-state index is 12.5. The second-order valence-electron chi connectivity index (χ2n) is 5.56. The first-order valence-corrected chi connectivity index (χ1v) is 8.79. The molecule has 1 N–H and O–H groups in total. The van der Waals surface area contributed by atoms with Crippen molar-refractivity contribution < 1.29 is 35.3 Å². The first-order valence-electron chi connectivity index (χ1n) is 7.32. The number of piperidine rings is 1. The van der Waals surface area contributed by atoms with E-state index in [1.165, 1.54) is 7.11 Å². The van der Waals surface area contributed by atoms with Crippen LogP contribution in [0.25, 0.3) is 0 Å². The molecule has 0 aromatic carbocycles. The van der Waals surface area contributed by atoms with E-state index in [2.05, 4.69) is 10.1 Å². The molecule has 136 valence electrons. The van der Waals surface area contributed by atoms with E-state index in [4.69, 9.17) is 4.18 Å². The highest BCUT2D eigenvalue weighted by molar-refractivity contribution is 7.87. The Morgan fingerprint density at radius 3 is 2.50 bits per heavy atom. The summed E-state index contributed by atoms with van der Waals surface area (Å²) in [5.41, 5.74) is -0.866. The number of allylic oxidation sites excluding steroid dienone is 3. The maximum atomic E-state index is 12.5. The van der Waals surface area contributed by atoms with E-state index in [-0.39, 0.29) is 13.0 Å². The van der Waals surface area contributed by atoms with Gasteiger partial charge in [-0.3, -0.25) is 8.98 Å². The number of hydrogen-bond acceptors (Lipinski definition) is 6. The second-order valence-corrected chi connectivity index (χ2v) is 7.35. The molecule has 0 radical (unpaired) electrons. The summed E-state index contributed by atoms with van der Waals surface area (Å²) >= 11 is 0. The molecule has 3 atom stereocenters. The minimum Gasteiger partial charge on any atom is -0.468 e. The molecule has 0 saturated carbocycles. The average molecular weight is 369 g/mol. The second kappa shape index (κ2) is 7.24. The van der Waals surface area contributed by atoms with Crippen molar-refractivity contribution in [3.05, 3.63) is 23.8 Å². The van der Waals surface area contributed by atoms with Gasteiger partial charge in [0.15, 0.2) is 0 Å². The molecule has 6 nitrogen and oxygen atoms in total. The summed E-state index contributed by atoms with van der Waals surface area (Å²) in [6, 6.07) is -0.510. The van der Waals surface area contributed by atoms with Gasteiger partial charge in [0.1, 0.15) is 11.3 Å². The Labute approximate surface area is 137 Å². The van der Waals surface area contributed by atoms with Crippen LogP contribution in [0.3, 0.4) is 0 Å². The van der Waals surface area contributed by atoms with E-state index in [1.807, 2.05) is 0 Å². The summed E-state index contributed by atoms with van der Waals surface area (Å²) in [4.78, 5) is 11.4. The van der Waals surface area contributed by atoms with Gasteiger partial charge in [0.2, 0.25) is 0 Å². The van der Waals surface area contributed by atoms with Crippen molar-refractivity contribution in [3.8, 4) is 0 Å². The summed E-state index contributed by atoms with van der Waals surface area (Å²) < 4.78 is 71.6. The lowest BCUT2D eigenvalue weighted by molar-refractivity contribution is -0.144. The predicted molar refractivity (Wildman–Crippen MR) is 78.5 cm³/mol. The number of ether oxygens (including phenoxy) is 1. The van der Waals surface area contributed by atoms with Crippen LogP contribution in [0.4, 0.5) is 13.2 Å². The third-order valence-electron chi connectivity index (χ3n) is 3.88. The number of esters is 1. The Kier molecular flexibility index (Phi) is 5.71. The molecule has 24 heavy (non-hydrogen) atoms. The molecule has 0 aromatic heterocycles. The quantitative estimate of drug-likeness (QED) is 0.597. The molecule has 3 unspecified atom stereocenters. The largest absolute Gasteiger partial charge is 0.468 e. The van der Waals surface area contributed by atoms with E-state index in [9.17, 15) is 26.4 Å². The molecule has 1 saturated heterocycles. The molecule has 0 aromatic rings. The van der Waals surface area contributed by atoms with Crippen LogP contribution in [-0.4, -0.2) is 51.6 Å². The van der Waals surface area contributed by atoms with Crippen LogP contribution in [0.2, 0.25) is 0 Å². The molecule has 1 aliphatic carbocycles. The highest BCUT2D eigenvalue weighted by atomic mass is 32.2. The van der Waals surface area contributed by atoms with Gasteiger partial charge in [-0.05, 0) is 19.3 Å². The van der Waals surface area contributed by atoms with E-state index in [0.29, 0.717) is 12.8 Å². The van der Waals surface area contributed by atoms with Gasteiger partial charge in [0.05, 0.1) is 18.8 Å². The van der Waals surface area contributed by atoms with Gasteiger partial charge in [-0.2, -0.15) is 21.6 Å². The normalized spacial score (nSPS) is 28.3. The summed E-state index contributed by atoms with van der Waals surface area (Å²) in [6.07, 6.45) is -2.19. The van der Waals surface area contributed by atoms with E-state index >= 15 is 0 Å². The van der Waals surface area contributed by atoms with E-state index < -0.39 is 45.2 Å². The van der Waals surface area contributed by atoms with E-state index in [1.54, 1.807) is 0 Å². The topological polar surface area (TPSA) is 81.7 Å². The lowest BCUT2D eigenvalue weighted by atomic mass is 10.0. The van der Waals surface area contributed by atoms with Gasteiger partial charge in [0, 0.05) is 6.54 Å². The van der Waals surface area contributed by atoms with Crippen molar-refractivity contribution in [2.24, 2.45) is 0 Å². The maximum Gasteiger partial charge on any atom is 0.416 e. The fourth-order valence-electron chi connectivity index (χ4n) is 2.54. The number of carbonyl (C=O) groups excluding carboxylic acids is 1. The van der Waals surface area contributed by atoms with Crippen molar-refractivity contribution in [1.29, 1.82) is 0 Å². The summed E-state index contributed by atoms with van der Waals surface area (Å²) in [7, 11) is -2.79. The first-order chi connectivity index (χ1) is 11.1. The summed E-state index contributed by atoms with van der Waals surface area (Å²) in [5.74, 6) is -0.434. The number of halogens is 3. The van der Waals surface area contributed by atoms with Gasteiger partial charge < -0.3 is 10.1 Å². The smallest absolute Gasteiger partial charge is 0.416 e. The van der Waals surface area contributed by atoms with Crippen molar-refractivity contribution in [2.75, 3.05) is 13.7 Å². The van der Waals surface area contributed by atoms with Crippen molar-refractivity contribution in [3.63, 3.8) is 0 Å². The van der Waals surface area contributed by atoms with Crippen molar-refractivity contribution in [2.45, 2.75) is 42.8 Å². The molecular weight excluding hydrogens is 351 g/mol. The zero-order chi connectivity index (χ0) is 18.0. The highest BCUT2D eigenvalue weighted by Crippen LogP contribution is 2.31. The Morgan fingerprint density at radius 2 is 2.04 bits per heavy atom. The SMILES string of the molecule is COC(=O)C1CCC(OS(=O)(=O)C2C=CC(C(F)(F)F)=CC2)CN1. The number of hydrogen-bond donors (Lipinski definition) is 1. The van der Waals surface area contributed by atoms with Crippen molar-refractivity contribution >= 4 is 16.1 Å².